The van der Waals surface area contributed by atoms with Gasteiger partial charge in [0.05, 0.1) is 12.0 Å². The van der Waals surface area contributed by atoms with E-state index in [1.165, 1.54) is 0 Å². The predicted molar refractivity (Wildman–Crippen MR) is 152 cm³/mol. The number of aliphatic hydroxyl groups excluding tert-OH is 1. The Morgan fingerprint density at radius 1 is 0.947 bits per heavy atom. The molecule has 0 saturated carbocycles. The first-order chi connectivity index (χ1) is 18.1. The van der Waals surface area contributed by atoms with E-state index in [1.54, 1.807) is 6.20 Å². The lowest BCUT2D eigenvalue weighted by Gasteiger charge is -2.28. The zero-order chi connectivity index (χ0) is 27.3. The Balaban J connectivity index is 1.39. The van der Waals surface area contributed by atoms with Crippen LogP contribution in [-0.4, -0.2) is 32.6 Å². The monoisotopic (exact) mass is 510 g/mol. The summed E-state index contributed by atoms with van der Waals surface area (Å²) < 4.78 is 2.09. The number of aliphatic hydroxyl groups is 1. The average Bonchev–Trinajstić information content (AvgIpc) is 3.24. The molecule has 38 heavy (non-hydrogen) atoms. The quantitative estimate of drug-likeness (QED) is 0.266. The zero-order valence-electron chi connectivity index (χ0n) is 22.7. The van der Waals surface area contributed by atoms with Gasteiger partial charge in [-0.05, 0) is 75.4 Å². The number of amides is 1. The van der Waals surface area contributed by atoms with Crippen molar-refractivity contribution in [3.63, 3.8) is 0 Å². The van der Waals surface area contributed by atoms with Gasteiger partial charge in [-0.2, -0.15) is 0 Å². The normalized spacial score (nSPS) is 13.3. The number of hydrogen-bond donors (Lipinski definition) is 3. The predicted octanol–water partition coefficient (Wildman–Crippen LogP) is 4.95. The third-order valence-corrected chi connectivity index (χ3v) is 7.06. The van der Waals surface area contributed by atoms with Crippen molar-refractivity contribution < 1.29 is 9.90 Å². The minimum atomic E-state index is -0.681. The first kappa shape index (κ1) is 27.3. The molecule has 2 aromatic heterocycles. The highest BCUT2D eigenvalue weighted by molar-refractivity contribution is 5.82. The fraction of sp³-hybridized carbons (Fsp3) is 0.312. The Morgan fingerprint density at radius 3 is 2.26 bits per heavy atom. The van der Waals surface area contributed by atoms with Crippen LogP contribution < -0.4 is 11.1 Å². The molecule has 0 aliphatic rings. The first-order valence-electron chi connectivity index (χ1n) is 13.1. The van der Waals surface area contributed by atoms with Gasteiger partial charge in [0.25, 0.3) is 0 Å². The number of rotatable bonds is 11. The maximum absolute atomic E-state index is 12.3. The van der Waals surface area contributed by atoms with Gasteiger partial charge in [-0.25, -0.2) is 4.98 Å². The van der Waals surface area contributed by atoms with Crippen LogP contribution in [0.25, 0.3) is 5.82 Å². The van der Waals surface area contributed by atoms with Crippen LogP contribution in [-0.2, 0) is 17.6 Å². The van der Waals surface area contributed by atoms with E-state index in [0.29, 0.717) is 13.0 Å². The molecule has 0 spiro atoms. The third-order valence-electron chi connectivity index (χ3n) is 7.06. The average molecular weight is 511 g/mol. The summed E-state index contributed by atoms with van der Waals surface area (Å²) in [5.41, 5.74) is 11.6. The highest BCUT2D eigenvalue weighted by Crippen LogP contribution is 2.24. The molecule has 0 saturated heterocycles. The Kier molecular flexibility index (Phi) is 8.45. The smallest absolute Gasteiger partial charge is 0.225 e. The van der Waals surface area contributed by atoms with Crippen LogP contribution in [0.4, 0.5) is 0 Å². The van der Waals surface area contributed by atoms with Crippen molar-refractivity contribution in [2.75, 3.05) is 6.54 Å². The molecule has 0 bridgehead atoms. The van der Waals surface area contributed by atoms with E-state index in [2.05, 4.69) is 66.8 Å². The maximum Gasteiger partial charge on any atom is 0.225 e. The number of benzene rings is 2. The highest BCUT2D eigenvalue weighted by Gasteiger charge is 2.23. The molecule has 6 heteroatoms. The van der Waals surface area contributed by atoms with Gasteiger partial charge < -0.3 is 20.7 Å². The van der Waals surface area contributed by atoms with Crippen molar-refractivity contribution in [3.8, 4) is 5.82 Å². The molecule has 0 radical (unpaired) electrons. The van der Waals surface area contributed by atoms with Crippen LogP contribution in [0.15, 0.2) is 85.1 Å². The number of primary amides is 1. The number of carbonyl (C=O) groups excluding carboxylic acids is 1. The van der Waals surface area contributed by atoms with Gasteiger partial charge in [-0.1, -0.05) is 60.7 Å². The number of pyridine rings is 1. The third kappa shape index (κ3) is 6.77. The lowest BCUT2D eigenvalue weighted by Crippen LogP contribution is -2.43. The maximum atomic E-state index is 12.3. The number of aryl methyl sites for hydroxylation is 2. The van der Waals surface area contributed by atoms with E-state index >= 15 is 0 Å². The summed E-state index contributed by atoms with van der Waals surface area (Å²) in [4.78, 5) is 16.9. The summed E-state index contributed by atoms with van der Waals surface area (Å²) in [6, 6.07) is 26.1. The molecule has 2 aromatic carbocycles. The molecule has 4 aromatic rings. The molecule has 2 atom stereocenters. The van der Waals surface area contributed by atoms with E-state index in [1.807, 2.05) is 54.6 Å². The number of β-amino-alcohol motifs (C(OH)–C–C–N with tert-alkyl or cyclic N) is 1. The molecule has 198 valence electrons. The molecular weight excluding hydrogens is 472 g/mol. The summed E-state index contributed by atoms with van der Waals surface area (Å²) in [5.74, 6) is 0.133. The van der Waals surface area contributed by atoms with Crippen molar-refractivity contribution >= 4 is 5.91 Å². The summed E-state index contributed by atoms with van der Waals surface area (Å²) in [6.45, 7) is 8.72. The summed E-state index contributed by atoms with van der Waals surface area (Å²) in [5, 5.41) is 14.3. The molecule has 6 nitrogen and oxygen atoms in total. The van der Waals surface area contributed by atoms with Gasteiger partial charge in [0.15, 0.2) is 0 Å². The molecule has 0 aliphatic carbocycles. The van der Waals surface area contributed by atoms with Crippen LogP contribution in [0.3, 0.4) is 0 Å². The highest BCUT2D eigenvalue weighted by atomic mass is 16.3. The van der Waals surface area contributed by atoms with E-state index in [4.69, 9.17) is 5.73 Å². The van der Waals surface area contributed by atoms with Gasteiger partial charge in [0.2, 0.25) is 5.91 Å². The molecule has 2 heterocycles. The van der Waals surface area contributed by atoms with Crippen LogP contribution >= 0.6 is 0 Å². The van der Waals surface area contributed by atoms with Crippen LogP contribution in [0, 0.1) is 13.8 Å². The summed E-state index contributed by atoms with van der Waals surface area (Å²) >= 11 is 0. The SMILES string of the molecule is Cc1ccc(C)n1-c1ccc([C@@H](O)CNC(C)(C)Cc2cccc(C(Cc3ccccc3)C(N)=O)c2)cn1. The van der Waals surface area contributed by atoms with Crippen molar-refractivity contribution in [2.24, 2.45) is 5.73 Å². The summed E-state index contributed by atoms with van der Waals surface area (Å²) in [7, 11) is 0. The Bertz CT molecular complexity index is 1340. The molecule has 1 unspecified atom stereocenters. The Morgan fingerprint density at radius 2 is 1.63 bits per heavy atom. The molecular formula is C32H38N4O2. The van der Waals surface area contributed by atoms with E-state index in [0.717, 1.165) is 45.9 Å². The van der Waals surface area contributed by atoms with E-state index in [-0.39, 0.29) is 17.4 Å². The van der Waals surface area contributed by atoms with Crippen molar-refractivity contribution in [1.29, 1.82) is 0 Å². The minimum absolute atomic E-state index is 0.284. The number of aromatic nitrogens is 2. The van der Waals surface area contributed by atoms with Gasteiger partial charge in [-0.15, -0.1) is 0 Å². The van der Waals surface area contributed by atoms with Crippen molar-refractivity contribution in [2.45, 2.75) is 58.1 Å². The van der Waals surface area contributed by atoms with E-state index < -0.39 is 6.10 Å². The second kappa shape index (κ2) is 11.8. The second-order valence-electron chi connectivity index (χ2n) is 10.7. The largest absolute Gasteiger partial charge is 0.387 e. The Labute approximate surface area is 225 Å². The topological polar surface area (TPSA) is 93.2 Å². The standard InChI is InChI=1S/C32H38N4O2/c1-22-13-14-23(2)36(22)30-16-15-27(20-34-30)29(37)21-35-32(3,4)19-25-11-8-12-26(17-25)28(31(33)38)18-24-9-6-5-7-10-24/h5-17,20,28-29,35,37H,18-19,21H2,1-4H3,(H2,33,38)/t28?,29-/m0/s1. The Hall–Kier alpha value is -3.74. The summed E-state index contributed by atoms with van der Waals surface area (Å²) in [6.07, 6.45) is 2.37. The fourth-order valence-electron chi connectivity index (χ4n) is 4.97. The van der Waals surface area contributed by atoms with Crippen LogP contribution in [0.5, 0.6) is 0 Å². The van der Waals surface area contributed by atoms with Gasteiger partial charge in [0, 0.05) is 35.2 Å². The van der Waals surface area contributed by atoms with Gasteiger partial charge >= 0.3 is 0 Å². The number of hydrogen-bond acceptors (Lipinski definition) is 4. The molecule has 4 rings (SSSR count). The molecule has 0 aliphatic heterocycles. The van der Waals surface area contributed by atoms with Crippen LogP contribution in [0.2, 0.25) is 0 Å². The number of carbonyl (C=O) groups is 1. The lowest BCUT2D eigenvalue weighted by molar-refractivity contribution is -0.119. The molecule has 1 amide bonds. The van der Waals surface area contributed by atoms with Crippen LogP contribution in [0.1, 0.15) is 59.5 Å². The number of nitrogens with zero attached hydrogens (tertiary/aromatic N) is 2. The van der Waals surface area contributed by atoms with E-state index in [9.17, 15) is 9.90 Å². The van der Waals surface area contributed by atoms with Gasteiger partial charge in [0.1, 0.15) is 5.82 Å². The van der Waals surface area contributed by atoms with Crippen molar-refractivity contribution in [1.82, 2.24) is 14.9 Å². The minimum Gasteiger partial charge on any atom is -0.387 e. The van der Waals surface area contributed by atoms with Crippen molar-refractivity contribution in [3.05, 3.63) is 119 Å². The second-order valence-corrected chi connectivity index (χ2v) is 10.7. The number of nitrogens with one attached hydrogen (secondary N) is 1. The molecule has 0 fully saturated rings. The lowest BCUT2D eigenvalue weighted by atomic mass is 9.88. The van der Waals surface area contributed by atoms with Gasteiger partial charge in [-0.3, -0.25) is 4.79 Å². The fourth-order valence-corrected chi connectivity index (χ4v) is 4.97. The molecule has 4 N–H and O–H groups in total. The zero-order valence-corrected chi connectivity index (χ0v) is 22.7. The number of nitrogens with two attached hydrogens (primary N) is 1. The first-order valence-corrected chi connectivity index (χ1v) is 13.1.